The summed E-state index contributed by atoms with van der Waals surface area (Å²) < 4.78 is 11.2. The van der Waals surface area contributed by atoms with Gasteiger partial charge in [-0.1, -0.05) is 25.7 Å². The number of benzene rings is 1. The van der Waals surface area contributed by atoms with E-state index in [1.807, 2.05) is 20.8 Å². The van der Waals surface area contributed by atoms with E-state index in [1.54, 1.807) is 12.1 Å². The molecule has 2 saturated carbocycles. The van der Waals surface area contributed by atoms with Crippen molar-refractivity contribution in [1.82, 2.24) is 5.32 Å². The van der Waals surface area contributed by atoms with Crippen molar-refractivity contribution in [2.24, 2.45) is 11.8 Å². The van der Waals surface area contributed by atoms with Crippen LogP contribution in [0.4, 0.5) is 0 Å². The summed E-state index contributed by atoms with van der Waals surface area (Å²) >= 11 is 0. The minimum Gasteiger partial charge on any atom is -0.422 e. The molecule has 0 radical (unpaired) electrons. The first-order valence-electron chi connectivity index (χ1n) is 11.1. The van der Waals surface area contributed by atoms with Crippen molar-refractivity contribution in [2.45, 2.75) is 77.7 Å². The summed E-state index contributed by atoms with van der Waals surface area (Å²) in [6.07, 6.45) is 7.35. The van der Waals surface area contributed by atoms with Crippen LogP contribution in [-0.2, 0) is 9.59 Å². The van der Waals surface area contributed by atoms with Crippen LogP contribution in [0.15, 0.2) is 18.2 Å². The van der Waals surface area contributed by atoms with Gasteiger partial charge in [0.25, 0.3) is 0 Å². The molecule has 0 atom stereocenters. The van der Waals surface area contributed by atoms with E-state index in [2.05, 4.69) is 5.32 Å². The van der Waals surface area contributed by atoms with E-state index in [-0.39, 0.29) is 53.1 Å². The Hall–Kier alpha value is -2.21. The Morgan fingerprint density at radius 3 is 1.87 bits per heavy atom. The van der Waals surface area contributed by atoms with Crippen molar-refractivity contribution in [3.8, 4) is 11.5 Å². The van der Waals surface area contributed by atoms with Crippen LogP contribution >= 0.6 is 0 Å². The molecule has 164 valence electrons. The van der Waals surface area contributed by atoms with E-state index >= 15 is 0 Å². The SMILES string of the molecule is CC(C)(C)NCC(=O)c1ccc(OC(=O)C2CCCC2)c(OC(=O)C2CCCC2)c1. The molecule has 0 aliphatic heterocycles. The molecule has 2 aliphatic rings. The lowest BCUT2D eigenvalue weighted by atomic mass is 10.1. The highest BCUT2D eigenvalue weighted by molar-refractivity contribution is 5.98. The van der Waals surface area contributed by atoms with Crippen LogP contribution in [0, 0.1) is 11.8 Å². The Labute approximate surface area is 178 Å². The first-order chi connectivity index (χ1) is 14.2. The fourth-order valence-electron chi connectivity index (χ4n) is 4.00. The molecule has 0 bridgehead atoms. The van der Waals surface area contributed by atoms with Crippen molar-refractivity contribution in [3.63, 3.8) is 0 Å². The lowest BCUT2D eigenvalue weighted by molar-refractivity contribution is -0.141. The zero-order valence-corrected chi connectivity index (χ0v) is 18.3. The van der Waals surface area contributed by atoms with E-state index in [0.717, 1.165) is 51.4 Å². The Kier molecular flexibility index (Phi) is 7.29. The summed E-state index contributed by atoms with van der Waals surface area (Å²) in [4.78, 5) is 37.7. The van der Waals surface area contributed by atoms with Gasteiger partial charge in [0, 0.05) is 11.1 Å². The highest BCUT2D eigenvalue weighted by Crippen LogP contribution is 2.34. The number of Topliss-reactive ketones (excluding diaryl/α,β-unsaturated/α-hetero) is 1. The van der Waals surface area contributed by atoms with E-state index in [0.29, 0.717) is 5.56 Å². The molecule has 1 aromatic rings. The van der Waals surface area contributed by atoms with Gasteiger partial charge in [0.15, 0.2) is 17.3 Å². The van der Waals surface area contributed by atoms with Crippen molar-refractivity contribution in [3.05, 3.63) is 23.8 Å². The second-order valence-electron chi connectivity index (χ2n) is 9.49. The molecule has 6 heteroatoms. The molecule has 3 rings (SSSR count). The smallest absolute Gasteiger partial charge is 0.314 e. The van der Waals surface area contributed by atoms with Crippen LogP contribution in [0.3, 0.4) is 0 Å². The molecule has 30 heavy (non-hydrogen) atoms. The van der Waals surface area contributed by atoms with E-state index in [9.17, 15) is 14.4 Å². The number of ether oxygens (including phenoxy) is 2. The molecule has 0 heterocycles. The van der Waals surface area contributed by atoms with Crippen LogP contribution in [0.1, 0.15) is 82.5 Å². The average molecular weight is 416 g/mol. The molecule has 0 aromatic heterocycles. The van der Waals surface area contributed by atoms with Gasteiger partial charge in [0.05, 0.1) is 18.4 Å². The lowest BCUT2D eigenvalue weighted by Crippen LogP contribution is -2.39. The van der Waals surface area contributed by atoms with Gasteiger partial charge in [-0.25, -0.2) is 0 Å². The summed E-state index contributed by atoms with van der Waals surface area (Å²) in [5.74, 6) is -0.608. The topological polar surface area (TPSA) is 81.7 Å². The van der Waals surface area contributed by atoms with Crippen molar-refractivity contribution in [1.29, 1.82) is 0 Å². The lowest BCUT2D eigenvalue weighted by Gasteiger charge is -2.20. The summed E-state index contributed by atoms with van der Waals surface area (Å²) in [5.41, 5.74) is 0.228. The van der Waals surface area contributed by atoms with Gasteiger partial charge in [0.1, 0.15) is 0 Å². The number of hydrogen-bond acceptors (Lipinski definition) is 6. The molecule has 2 fully saturated rings. The van der Waals surface area contributed by atoms with E-state index in [4.69, 9.17) is 9.47 Å². The largest absolute Gasteiger partial charge is 0.422 e. The number of nitrogens with one attached hydrogen (secondary N) is 1. The van der Waals surface area contributed by atoms with Gasteiger partial charge >= 0.3 is 11.9 Å². The van der Waals surface area contributed by atoms with Crippen LogP contribution in [0.2, 0.25) is 0 Å². The molecule has 1 aromatic carbocycles. The molecule has 0 saturated heterocycles. The zero-order valence-electron chi connectivity index (χ0n) is 18.3. The van der Waals surface area contributed by atoms with Gasteiger partial charge in [0.2, 0.25) is 0 Å². The van der Waals surface area contributed by atoms with Crippen LogP contribution in [0.25, 0.3) is 0 Å². The molecule has 6 nitrogen and oxygen atoms in total. The number of carbonyl (C=O) groups excluding carboxylic acids is 3. The number of rotatable bonds is 7. The summed E-state index contributed by atoms with van der Waals surface area (Å²) in [5, 5.41) is 3.17. The molecule has 2 aliphatic carbocycles. The summed E-state index contributed by atoms with van der Waals surface area (Å²) in [7, 11) is 0. The van der Waals surface area contributed by atoms with Crippen molar-refractivity contribution in [2.75, 3.05) is 6.54 Å². The summed E-state index contributed by atoms with van der Waals surface area (Å²) in [6.45, 7) is 6.13. The van der Waals surface area contributed by atoms with Crippen LogP contribution in [0.5, 0.6) is 11.5 Å². The minimum absolute atomic E-state index is 0.110. The van der Waals surface area contributed by atoms with Crippen LogP contribution < -0.4 is 14.8 Å². The van der Waals surface area contributed by atoms with Gasteiger partial charge in [-0.3, -0.25) is 14.4 Å². The summed E-state index contributed by atoms with van der Waals surface area (Å²) in [6, 6.07) is 4.71. The molecule has 1 N–H and O–H groups in total. The third kappa shape index (κ3) is 6.14. The average Bonchev–Trinajstić information content (AvgIpc) is 3.40. The molecular weight excluding hydrogens is 382 g/mol. The molecule has 0 spiro atoms. The maximum absolute atomic E-state index is 12.6. The molecule has 0 amide bonds. The highest BCUT2D eigenvalue weighted by atomic mass is 16.6. The third-order valence-electron chi connectivity index (χ3n) is 5.84. The number of carbonyl (C=O) groups is 3. The Morgan fingerprint density at radius 2 is 1.37 bits per heavy atom. The first-order valence-corrected chi connectivity index (χ1v) is 11.1. The number of esters is 2. The predicted octanol–water partition coefficient (Wildman–Crippen LogP) is 4.45. The fraction of sp³-hybridized carbons (Fsp3) is 0.625. The second kappa shape index (κ2) is 9.73. The van der Waals surface area contributed by atoms with Gasteiger partial charge < -0.3 is 14.8 Å². The first kappa shape index (κ1) is 22.5. The molecular formula is C24H33NO5. The van der Waals surface area contributed by atoms with Crippen molar-refractivity contribution >= 4 is 17.7 Å². The highest BCUT2D eigenvalue weighted by Gasteiger charge is 2.28. The fourth-order valence-corrected chi connectivity index (χ4v) is 4.00. The second-order valence-corrected chi connectivity index (χ2v) is 9.49. The monoisotopic (exact) mass is 415 g/mol. The number of ketones is 1. The minimum atomic E-state index is -0.317. The number of hydrogen-bond donors (Lipinski definition) is 1. The Balaban J connectivity index is 1.78. The van der Waals surface area contributed by atoms with Crippen LogP contribution in [-0.4, -0.2) is 29.8 Å². The van der Waals surface area contributed by atoms with Gasteiger partial charge in [-0.05, 0) is 64.7 Å². The Morgan fingerprint density at radius 1 is 0.867 bits per heavy atom. The van der Waals surface area contributed by atoms with E-state index in [1.165, 1.54) is 6.07 Å². The quantitative estimate of drug-likeness (QED) is 0.403. The van der Waals surface area contributed by atoms with E-state index < -0.39 is 0 Å². The van der Waals surface area contributed by atoms with Gasteiger partial charge in [-0.2, -0.15) is 0 Å². The predicted molar refractivity (Wildman–Crippen MR) is 114 cm³/mol. The van der Waals surface area contributed by atoms with Gasteiger partial charge in [-0.15, -0.1) is 0 Å². The Bertz CT molecular complexity index is 783. The maximum Gasteiger partial charge on any atom is 0.314 e. The maximum atomic E-state index is 12.6. The van der Waals surface area contributed by atoms with Crippen molar-refractivity contribution < 1.29 is 23.9 Å². The standard InChI is InChI=1S/C24H33NO5/c1-24(2,3)25-15-19(26)18-12-13-20(29-22(27)16-8-4-5-9-16)21(14-18)30-23(28)17-10-6-7-11-17/h12-14,16-17,25H,4-11,15H2,1-3H3. The zero-order chi connectivity index (χ0) is 21.7. The molecule has 0 unspecified atom stereocenters. The normalized spacial score (nSPS) is 17.8. The third-order valence-corrected chi connectivity index (χ3v) is 5.84.